The molecule has 6 heteroatoms. The number of rotatable bonds is 4. The summed E-state index contributed by atoms with van der Waals surface area (Å²) in [5.74, 6) is 2.66. The fourth-order valence-electron chi connectivity index (χ4n) is 3.40. The molecule has 6 nitrogen and oxygen atoms in total. The molecule has 0 atom stereocenters. The first-order chi connectivity index (χ1) is 12.7. The molecule has 1 aliphatic heterocycles. The van der Waals surface area contributed by atoms with E-state index in [1.807, 2.05) is 31.3 Å². The third-order valence-corrected chi connectivity index (χ3v) is 4.99. The number of para-hydroxylation sites is 2. The summed E-state index contributed by atoms with van der Waals surface area (Å²) in [7, 11) is 2.05. The zero-order valence-corrected chi connectivity index (χ0v) is 15.3. The summed E-state index contributed by atoms with van der Waals surface area (Å²) < 4.78 is 0. The highest BCUT2D eigenvalue weighted by atomic mass is 15.3. The van der Waals surface area contributed by atoms with Gasteiger partial charge in [-0.05, 0) is 30.9 Å². The Hall–Kier alpha value is -2.76. The summed E-state index contributed by atoms with van der Waals surface area (Å²) in [6.45, 7) is 5.03. The minimum absolute atomic E-state index is 0.651. The molecule has 0 amide bonds. The number of nitrogens with zero attached hydrogens (tertiary/aromatic N) is 6. The molecule has 26 heavy (non-hydrogen) atoms. The topological polar surface area (TPSA) is 58.0 Å². The van der Waals surface area contributed by atoms with Gasteiger partial charge in [0.15, 0.2) is 11.6 Å². The number of fused-ring (bicyclic) bond motifs is 1. The van der Waals surface area contributed by atoms with Gasteiger partial charge in [-0.25, -0.2) is 9.97 Å². The summed E-state index contributed by atoms with van der Waals surface area (Å²) in [6, 6.07) is 8.07. The number of hydrogen-bond donors (Lipinski definition) is 0. The van der Waals surface area contributed by atoms with E-state index < -0.39 is 0 Å². The van der Waals surface area contributed by atoms with Crippen molar-refractivity contribution in [1.29, 1.82) is 0 Å². The van der Waals surface area contributed by atoms with E-state index in [0.717, 1.165) is 47.4 Å². The molecule has 1 aromatic carbocycles. The van der Waals surface area contributed by atoms with Crippen LogP contribution in [0.25, 0.3) is 11.0 Å². The monoisotopic (exact) mass is 348 g/mol. The molecular weight excluding hydrogens is 324 g/mol. The Morgan fingerprint density at radius 1 is 1.08 bits per heavy atom. The van der Waals surface area contributed by atoms with Crippen LogP contribution in [-0.4, -0.2) is 40.1 Å². The van der Waals surface area contributed by atoms with Crippen LogP contribution in [0.3, 0.4) is 0 Å². The van der Waals surface area contributed by atoms with Crippen LogP contribution in [0.5, 0.6) is 0 Å². The van der Waals surface area contributed by atoms with E-state index in [1.54, 1.807) is 18.6 Å². The van der Waals surface area contributed by atoms with Gasteiger partial charge in [0.25, 0.3) is 0 Å². The number of anilines is 2. The zero-order valence-electron chi connectivity index (χ0n) is 15.3. The molecule has 1 fully saturated rings. The molecule has 0 N–H and O–H groups in total. The summed E-state index contributed by atoms with van der Waals surface area (Å²) in [5.41, 5.74) is 2.78. The number of benzene rings is 1. The Bertz CT molecular complexity index is 874. The molecule has 1 aliphatic rings. The van der Waals surface area contributed by atoms with E-state index in [0.29, 0.717) is 6.54 Å². The third-order valence-electron chi connectivity index (χ3n) is 4.99. The zero-order chi connectivity index (χ0) is 17.9. The van der Waals surface area contributed by atoms with Crippen LogP contribution < -0.4 is 9.80 Å². The molecule has 0 spiro atoms. The summed E-state index contributed by atoms with van der Waals surface area (Å²) in [6.07, 6.45) is 7.61. The Labute approximate surface area is 153 Å². The molecule has 0 unspecified atom stereocenters. The van der Waals surface area contributed by atoms with E-state index >= 15 is 0 Å². The maximum Gasteiger partial charge on any atom is 0.172 e. The minimum atomic E-state index is 0.651. The summed E-state index contributed by atoms with van der Waals surface area (Å²) in [5, 5.41) is 0. The summed E-state index contributed by atoms with van der Waals surface area (Å²) >= 11 is 0. The lowest BCUT2D eigenvalue weighted by atomic mass is 9.99. The number of hydrogen-bond acceptors (Lipinski definition) is 6. The number of aromatic nitrogens is 4. The molecule has 2 aromatic heterocycles. The SMILES string of the molecule is CC1CCN(c2nc3ccccc3nc2N(C)Cc2cnccn2)CC1. The fraction of sp³-hybridized carbons (Fsp3) is 0.400. The quantitative estimate of drug-likeness (QED) is 0.721. The average Bonchev–Trinajstić information content (AvgIpc) is 2.68. The van der Waals surface area contributed by atoms with E-state index in [2.05, 4.69) is 26.7 Å². The van der Waals surface area contributed by atoms with Gasteiger partial charge in [-0.3, -0.25) is 9.97 Å². The lowest BCUT2D eigenvalue weighted by molar-refractivity contribution is 0.436. The van der Waals surface area contributed by atoms with Crippen molar-refractivity contribution in [3.8, 4) is 0 Å². The second-order valence-electron chi connectivity index (χ2n) is 7.08. The van der Waals surface area contributed by atoms with Gasteiger partial charge in [-0.1, -0.05) is 19.1 Å². The first kappa shape index (κ1) is 16.7. The molecule has 0 saturated carbocycles. The van der Waals surface area contributed by atoms with Crippen molar-refractivity contribution < 1.29 is 0 Å². The smallest absolute Gasteiger partial charge is 0.172 e. The van der Waals surface area contributed by atoms with Crippen molar-refractivity contribution >= 4 is 22.7 Å². The lowest BCUT2D eigenvalue weighted by Crippen LogP contribution is -2.35. The van der Waals surface area contributed by atoms with E-state index in [4.69, 9.17) is 9.97 Å². The number of piperidine rings is 1. The first-order valence-corrected chi connectivity index (χ1v) is 9.18. The van der Waals surface area contributed by atoms with Gasteiger partial charge in [0.05, 0.1) is 29.5 Å². The van der Waals surface area contributed by atoms with Crippen LogP contribution in [-0.2, 0) is 6.54 Å². The maximum absolute atomic E-state index is 4.97. The second-order valence-corrected chi connectivity index (χ2v) is 7.08. The Kier molecular flexibility index (Phi) is 4.65. The van der Waals surface area contributed by atoms with Crippen LogP contribution in [0.4, 0.5) is 11.6 Å². The van der Waals surface area contributed by atoms with Crippen LogP contribution in [0.1, 0.15) is 25.5 Å². The minimum Gasteiger partial charge on any atom is -0.354 e. The summed E-state index contributed by atoms with van der Waals surface area (Å²) in [4.78, 5) is 23.0. The van der Waals surface area contributed by atoms with Crippen LogP contribution in [0.2, 0.25) is 0 Å². The van der Waals surface area contributed by atoms with Crippen molar-refractivity contribution in [1.82, 2.24) is 19.9 Å². The standard InChI is InChI=1S/C20H24N6/c1-15-7-11-26(12-8-15)20-19(23-17-5-3-4-6-18(17)24-20)25(2)14-16-13-21-9-10-22-16/h3-6,9-10,13,15H,7-8,11-12,14H2,1-2H3. The van der Waals surface area contributed by atoms with Crippen LogP contribution in [0, 0.1) is 5.92 Å². The molecule has 1 saturated heterocycles. The predicted molar refractivity (Wildman–Crippen MR) is 104 cm³/mol. The van der Waals surface area contributed by atoms with Crippen molar-refractivity contribution in [2.75, 3.05) is 29.9 Å². The van der Waals surface area contributed by atoms with Crippen LogP contribution >= 0.6 is 0 Å². The largest absolute Gasteiger partial charge is 0.354 e. The molecule has 134 valence electrons. The van der Waals surface area contributed by atoms with Gasteiger partial charge in [0.2, 0.25) is 0 Å². The highest BCUT2D eigenvalue weighted by Crippen LogP contribution is 2.31. The molecule has 0 aliphatic carbocycles. The van der Waals surface area contributed by atoms with Crippen molar-refractivity contribution in [2.24, 2.45) is 5.92 Å². The van der Waals surface area contributed by atoms with Gasteiger partial charge in [-0.2, -0.15) is 0 Å². The third kappa shape index (κ3) is 3.45. The van der Waals surface area contributed by atoms with Crippen molar-refractivity contribution in [2.45, 2.75) is 26.3 Å². The Morgan fingerprint density at radius 2 is 1.81 bits per heavy atom. The lowest BCUT2D eigenvalue weighted by Gasteiger charge is -2.33. The van der Waals surface area contributed by atoms with Crippen molar-refractivity contribution in [3.63, 3.8) is 0 Å². The van der Waals surface area contributed by atoms with E-state index in [1.165, 1.54) is 12.8 Å². The van der Waals surface area contributed by atoms with Crippen molar-refractivity contribution in [3.05, 3.63) is 48.5 Å². The van der Waals surface area contributed by atoms with Gasteiger partial charge in [0, 0.05) is 32.5 Å². The van der Waals surface area contributed by atoms with E-state index in [9.17, 15) is 0 Å². The fourth-order valence-corrected chi connectivity index (χ4v) is 3.40. The molecule has 3 heterocycles. The van der Waals surface area contributed by atoms with Gasteiger partial charge < -0.3 is 9.80 Å². The first-order valence-electron chi connectivity index (χ1n) is 9.18. The van der Waals surface area contributed by atoms with Crippen LogP contribution in [0.15, 0.2) is 42.9 Å². The van der Waals surface area contributed by atoms with Gasteiger partial charge in [0.1, 0.15) is 0 Å². The Morgan fingerprint density at radius 3 is 2.50 bits per heavy atom. The molecule has 0 bridgehead atoms. The molecular formula is C20H24N6. The normalized spacial score (nSPS) is 15.4. The highest BCUT2D eigenvalue weighted by Gasteiger charge is 2.23. The maximum atomic E-state index is 4.97. The Balaban J connectivity index is 1.72. The molecule has 0 radical (unpaired) electrons. The predicted octanol–water partition coefficient (Wildman–Crippen LogP) is 3.29. The second kappa shape index (κ2) is 7.23. The van der Waals surface area contributed by atoms with Gasteiger partial charge >= 0.3 is 0 Å². The molecule has 3 aromatic rings. The average molecular weight is 348 g/mol. The highest BCUT2D eigenvalue weighted by molar-refractivity contribution is 5.80. The van der Waals surface area contributed by atoms with Gasteiger partial charge in [-0.15, -0.1) is 0 Å². The molecule has 4 rings (SSSR count). The van der Waals surface area contributed by atoms with E-state index in [-0.39, 0.29) is 0 Å².